The molecule has 0 bridgehead atoms. The molecule has 1 heterocycles. The van der Waals surface area contributed by atoms with Crippen LogP contribution in [0.25, 0.3) is 12.2 Å². The van der Waals surface area contributed by atoms with Crippen LogP contribution < -0.4 is 24.3 Å². The summed E-state index contributed by atoms with van der Waals surface area (Å²) in [6.07, 6.45) is 1.58. The highest BCUT2D eigenvalue weighted by Gasteiger charge is 2.35. The quantitative estimate of drug-likeness (QED) is 0.148. The van der Waals surface area contributed by atoms with Crippen LogP contribution in [0, 0.1) is 17.5 Å². The second-order valence-electron chi connectivity index (χ2n) is 9.75. The Hall–Kier alpha value is -5.52. The highest BCUT2D eigenvalue weighted by atomic mass is 19.2. The van der Waals surface area contributed by atoms with E-state index in [0.29, 0.717) is 40.3 Å². The molecule has 0 aromatic heterocycles. The lowest BCUT2D eigenvalue weighted by molar-refractivity contribution is 0.0197. The topological polar surface area (TPSA) is 127 Å². The van der Waals surface area contributed by atoms with Crippen LogP contribution in [0.5, 0.6) is 40.2 Å². The first kappa shape index (κ1) is 30.0. The van der Waals surface area contributed by atoms with Gasteiger partial charge in [-0.05, 0) is 59.7 Å². The van der Waals surface area contributed by atoms with E-state index in [1.807, 2.05) is 0 Å². The molecule has 44 heavy (non-hydrogen) atoms. The number of benzene rings is 4. The molecule has 228 valence electrons. The SMILES string of the molecule is COc1cc([C@@H]2Oc3cc(/C=C/c4cc(O)cc(O)c4)ccc3O[C@H]2CNC(=O)c2cc(F)c(F)c(F)c2)cc(OC)c1O. The lowest BCUT2D eigenvalue weighted by atomic mass is 10.0. The Morgan fingerprint density at radius 2 is 1.43 bits per heavy atom. The number of fused-ring (bicyclic) bond motifs is 1. The maximum absolute atomic E-state index is 13.7. The maximum atomic E-state index is 13.7. The van der Waals surface area contributed by atoms with Gasteiger partial charge in [-0.25, -0.2) is 13.2 Å². The predicted octanol–water partition coefficient (Wildman–Crippen LogP) is 5.72. The van der Waals surface area contributed by atoms with E-state index in [4.69, 9.17) is 18.9 Å². The second kappa shape index (κ2) is 12.4. The van der Waals surface area contributed by atoms with Gasteiger partial charge in [0.05, 0.1) is 20.8 Å². The van der Waals surface area contributed by atoms with Crippen molar-refractivity contribution >= 4 is 18.1 Å². The van der Waals surface area contributed by atoms with Gasteiger partial charge in [0.15, 0.2) is 52.7 Å². The van der Waals surface area contributed by atoms with Crippen molar-refractivity contribution in [2.24, 2.45) is 0 Å². The Kier molecular flexibility index (Phi) is 8.43. The van der Waals surface area contributed by atoms with Gasteiger partial charge < -0.3 is 39.6 Å². The maximum Gasteiger partial charge on any atom is 0.251 e. The molecule has 4 aromatic rings. The van der Waals surface area contributed by atoms with Gasteiger partial charge in [-0.1, -0.05) is 18.2 Å². The molecule has 4 N–H and O–H groups in total. The number of nitrogens with one attached hydrogen (secondary N) is 1. The molecule has 0 aliphatic carbocycles. The summed E-state index contributed by atoms with van der Waals surface area (Å²) in [5, 5.41) is 32.4. The van der Waals surface area contributed by atoms with Gasteiger partial charge in [0.1, 0.15) is 11.5 Å². The van der Waals surface area contributed by atoms with Crippen molar-refractivity contribution in [1.29, 1.82) is 0 Å². The lowest BCUT2D eigenvalue weighted by Gasteiger charge is -2.35. The second-order valence-corrected chi connectivity index (χ2v) is 9.75. The molecule has 5 rings (SSSR count). The van der Waals surface area contributed by atoms with E-state index in [0.717, 1.165) is 0 Å². The third kappa shape index (κ3) is 6.28. The zero-order chi connectivity index (χ0) is 31.5. The summed E-state index contributed by atoms with van der Waals surface area (Å²) in [4.78, 5) is 12.7. The van der Waals surface area contributed by atoms with Crippen molar-refractivity contribution in [3.63, 3.8) is 0 Å². The van der Waals surface area contributed by atoms with E-state index in [-0.39, 0.29) is 35.3 Å². The van der Waals surface area contributed by atoms with E-state index in [1.54, 1.807) is 30.4 Å². The number of phenolic OH excluding ortho intramolecular Hbond substituents is 3. The first-order valence-electron chi connectivity index (χ1n) is 13.1. The first-order valence-corrected chi connectivity index (χ1v) is 13.1. The summed E-state index contributed by atoms with van der Waals surface area (Å²) in [6.45, 7) is -0.211. The number of rotatable bonds is 8. The van der Waals surface area contributed by atoms with Gasteiger partial charge in [-0.15, -0.1) is 0 Å². The highest BCUT2D eigenvalue weighted by molar-refractivity contribution is 5.94. The first-order chi connectivity index (χ1) is 21.1. The van der Waals surface area contributed by atoms with E-state index >= 15 is 0 Å². The number of hydrogen-bond donors (Lipinski definition) is 4. The molecule has 1 aliphatic heterocycles. The number of amides is 1. The third-order valence-electron chi connectivity index (χ3n) is 6.77. The minimum Gasteiger partial charge on any atom is -0.508 e. The highest BCUT2D eigenvalue weighted by Crippen LogP contribution is 2.44. The van der Waals surface area contributed by atoms with Crippen molar-refractivity contribution in [2.75, 3.05) is 20.8 Å². The molecular weight excluding hydrogens is 583 g/mol. The van der Waals surface area contributed by atoms with Gasteiger partial charge >= 0.3 is 0 Å². The number of carbonyl (C=O) groups is 1. The fourth-order valence-corrected chi connectivity index (χ4v) is 4.65. The van der Waals surface area contributed by atoms with E-state index in [1.165, 1.54) is 44.6 Å². The molecule has 1 amide bonds. The minimum absolute atomic E-state index is 0.0832. The number of ether oxygens (including phenoxy) is 4. The van der Waals surface area contributed by atoms with Crippen LogP contribution in [0.15, 0.2) is 60.7 Å². The molecule has 9 nitrogen and oxygen atoms in total. The molecule has 0 radical (unpaired) electrons. The number of aromatic hydroxyl groups is 3. The van der Waals surface area contributed by atoms with Crippen LogP contribution in [0.2, 0.25) is 0 Å². The van der Waals surface area contributed by atoms with Gasteiger partial charge in [0.2, 0.25) is 5.75 Å². The van der Waals surface area contributed by atoms with Crippen LogP contribution in [0.4, 0.5) is 13.2 Å². The molecular formula is C32H26F3NO8. The summed E-state index contributed by atoms with van der Waals surface area (Å²) in [6, 6.07) is 13.4. The van der Waals surface area contributed by atoms with E-state index in [2.05, 4.69) is 5.32 Å². The molecule has 0 saturated carbocycles. The predicted molar refractivity (Wildman–Crippen MR) is 153 cm³/mol. The molecule has 12 heteroatoms. The van der Waals surface area contributed by atoms with Crippen molar-refractivity contribution in [3.8, 4) is 40.2 Å². The Bertz CT molecular complexity index is 1690. The number of phenols is 3. The molecule has 1 aliphatic rings. The summed E-state index contributed by atoms with van der Waals surface area (Å²) < 4.78 is 63.9. The summed E-state index contributed by atoms with van der Waals surface area (Å²) in [7, 11) is 2.71. The number of methoxy groups -OCH3 is 2. The molecule has 0 unspecified atom stereocenters. The van der Waals surface area contributed by atoms with E-state index < -0.39 is 41.1 Å². The fourth-order valence-electron chi connectivity index (χ4n) is 4.65. The molecule has 0 spiro atoms. The monoisotopic (exact) mass is 609 g/mol. The van der Waals surface area contributed by atoms with E-state index in [9.17, 15) is 33.3 Å². The van der Waals surface area contributed by atoms with Gasteiger partial charge in [-0.2, -0.15) is 0 Å². The van der Waals surface area contributed by atoms with Crippen molar-refractivity contribution in [3.05, 3.63) is 100 Å². The molecule has 4 aromatic carbocycles. The lowest BCUT2D eigenvalue weighted by Crippen LogP contribution is -2.43. The average Bonchev–Trinajstić information content (AvgIpc) is 3.00. The Labute approximate surface area is 249 Å². The van der Waals surface area contributed by atoms with Gasteiger partial charge in [0.25, 0.3) is 5.91 Å². The number of halogens is 3. The van der Waals surface area contributed by atoms with Crippen molar-refractivity contribution in [1.82, 2.24) is 5.32 Å². The zero-order valence-electron chi connectivity index (χ0n) is 23.3. The smallest absolute Gasteiger partial charge is 0.251 e. The largest absolute Gasteiger partial charge is 0.508 e. The number of hydrogen-bond acceptors (Lipinski definition) is 8. The van der Waals surface area contributed by atoms with Crippen LogP contribution in [-0.2, 0) is 0 Å². The van der Waals surface area contributed by atoms with Crippen LogP contribution in [0.3, 0.4) is 0 Å². The van der Waals surface area contributed by atoms with Crippen LogP contribution in [0.1, 0.15) is 33.2 Å². The molecule has 0 saturated heterocycles. The normalized spacial score (nSPS) is 15.7. The summed E-state index contributed by atoms with van der Waals surface area (Å²) in [5.41, 5.74) is 1.24. The Balaban J connectivity index is 1.46. The van der Waals surface area contributed by atoms with Crippen molar-refractivity contribution < 1.29 is 52.2 Å². The molecule has 0 fully saturated rings. The van der Waals surface area contributed by atoms with Crippen molar-refractivity contribution in [2.45, 2.75) is 12.2 Å². The Morgan fingerprint density at radius 3 is 2.05 bits per heavy atom. The summed E-state index contributed by atoms with van der Waals surface area (Å²) >= 11 is 0. The zero-order valence-corrected chi connectivity index (χ0v) is 23.3. The molecule has 2 atom stereocenters. The minimum atomic E-state index is -1.69. The summed E-state index contributed by atoms with van der Waals surface area (Å²) in [5.74, 6) is -5.20. The number of carbonyl (C=O) groups excluding carboxylic acids is 1. The van der Waals surface area contributed by atoms with Crippen LogP contribution in [-0.4, -0.2) is 48.1 Å². The van der Waals surface area contributed by atoms with Gasteiger partial charge in [-0.3, -0.25) is 4.79 Å². The standard InChI is InChI=1S/C32H26F3NO8/c1-41-26-12-18(13-27(42-2)30(26)39)31-28(15-36-32(40)19-10-22(33)29(35)23(34)11-19)43-24-6-5-16(9-25(24)44-31)3-4-17-7-20(37)14-21(38)8-17/h3-14,28,31,37-39H,15H2,1-2H3,(H,36,40)/b4-3+/t28-,31-/m0/s1. The van der Waals surface area contributed by atoms with Gasteiger partial charge in [0, 0.05) is 17.2 Å². The average molecular weight is 610 g/mol. The Morgan fingerprint density at radius 1 is 0.818 bits per heavy atom. The van der Waals surface area contributed by atoms with Crippen LogP contribution >= 0.6 is 0 Å². The third-order valence-corrected chi connectivity index (χ3v) is 6.77. The fraction of sp³-hybridized carbons (Fsp3) is 0.156.